The van der Waals surface area contributed by atoms with E-state index in [9.17, 15) is 9.90 Å². The minimum Gasteiger partial charge on any atom is -0.481 e. The van der Waals surface area contributed by atoms with Crippen molar-refractivity contribution in [2.24, 2.45) is 0 Å². The number of carbonyl (C=O) groups is 1. The summed E-state index contributed by atoms with van der Waals surface area (Å²) in [5, 5.41) is 18.6. The van der Waals surface area contributed by atoms with Crippen LogP contribution < -0.4 is 4.90 Å². The average molecular weight is 383 g/mol. The smallest absolute Gasteiger partial charge is 0.313 e. The molecule has 5 heteroatoms. The van der Waals surface area contributed by atoms with Gasteiger partial charge in [0, 0.05) is 18.9 Å². The van der Waals surface area contributed by atoms with Crippen molar-refractivity contribution in [2.45, 2.75) is 17.9 Å². The molecule has 3 aromatic carbocycles. The van der Waals surface area contributed by atoms with Crippen molar-refractivity contribution in [3.05, 3.63) is 95.7 Å². The molecule has 2 atom stereocenters. The van der Waals surface area contributed by atoms with Crippen LogP contribution in [0.5, 0.6) is 0 Å². The third-order valence-electron chi connectivity index (χ3n) is 6.19. The Labute approximate surface area is 168 Å². The molecule has 2 heterocycles. The quantitative estimate of drug-likeness (QED) is 0.551. The van der Waals surface area contributed by atoms with E-state index in [2.05, 4.69) is 27.2 Å². The van der Waals surface area contributed by atoms with E-state index in [1.165, 1.54) is 0 Å². The minimum absolute atomic E-state index is 0.583. The molecule has 0 spiro atoms. The largest absolute Gasteiger partial charge is 0.481 e. The van der Waals surface area contributed by atoms with Crippen molar-refractivity contribution in [1.82, 2.24) is 10.2 Å². The molecule has 1 aromatic heterocycles. The van der Waals surface area contributed by atoms with Gasteiger partial charge in [-0.2, -0.15) is 5.10 Å². The van der Waals surface area contributed by atoms with Gasteiger partial charge in [0.2, 0.25) is 0 Å². The summed E-state index contributed by atoms with van der Waals surface area (Å²) >= 11 is 0. The first-order valence-electron chi connectivity index (χ1n) is 9.65. The summed E-state index contributed by atoms with van der Waals surface area (Å²) in [6.07, 6.45) is 2.37. The average Bonchev–Trinajstić information content (AvgIpc) is 3.31. The van der Waals surface area contributed by atoms with Crippen molar-refractivity contribution in [1.29, 1.82) is 0 Å². The molecular formula is C24H21N3O2. The fourth-order valence-electron chi connectivity index (χ4n) is 4.93. The number of hydrogen-bond acceptors (Lipinski definition) is 3. The lowest BCUT2D eigenvalue weighted by Crippen LogP contribution is -2.48. The molecule has 1 aliphatic heterocycles. The van der Waals surface area contributed by atoms with Gasteiger partial charge in [0.15, 0.2) is 0 Å². The van der Waals surface area contributed by atoms with Gasteiger partial charge in [-0.25, -0.2) is 0 Å². The summed E-state index contributed by atoms with van der Waals surface area (Å²) in [6, 6.07) is 24.0. The zero-order valence-corrected chi connectivity index (χ0v) is 16.0. The van der Waals surface area contributed by atoms with Gasteiger partial charge >= 0.3 is 5.97 Å². The second kappa shape index (κ2) is 6.48. The van der Waals surface area contributed by atoms with E-state index >= 15 is 0 Å². The molecule has 5 rings (SSSR count). The summed E-state index contributed by atoms with van der Waals surface area (Å²) in [5.41, 5.74) is 4.01. The van der Waals surface area contributed by atoms with Gasteiger partial charge in [-0.15, -0.1) is 0 Å². The molecule has 5 nitrogen and oxygen atoms in total. The van der Waals surface area contributed by atoms with Crippen LogP contribution in [0.15, 0.2) is 79.0 Å². The Kier molecular flexibility index (Phi) is 3.91. The van der Waals surface area contributed by atoms with E-state index in [1.54, 1.807) is 6.20 Å². The SMILES string of the molecule is CN1c2c(ccc3[nH]ncc23)C(C(=O)O)C1(Cc1ccccc1)c1ccccc1. The number of rotatable bonds is 4. The number of aromatic nitrogens is 2. The highest BCUT2D eigenvalue weighted by Crippen LogP contribution is 2.56. The number of aliphatic carboxylic acids is 1. The molecule has 0 saturated heterocycles. The monoisotopic (exact) mass is 383 g/mol. The Morgan fingerprint density at radius 3 is 2.45 bits per heavy atom. The lowest BCUT2D eigenvalue weighted by molar-refractivity contribution is -0.140. The molecule has 0 radical (unpaired) electrons. The van der Waals surface area contributed by atoms with E-state index in [1.807, 2.05) is 67.7 Å². The van der Waals surface area contributed by atoms with Crippen molar-refractivity contribution in [3.63, 3.8) is 0 Å². The topological polar surface area (TPSA) is 69.2 Å². The van der Waals surface area contributed by atoms with Gasteiger partial charge in [-0.1, -0.05) is 66.7 Å². The van der Waals surface area contributed by atoms with E-state index < -0.39 is 17.4 Å². The first kappa shape index (κ1) is 17.5. The van der Waals surface area contributed by atoms with Crippen LogP contribution in [0.25, 0.3) is 10.9 Å². The van der Waals surface area contributed by atoms with Gasteiger partial charge in [-0.05, 0) is 22.8 Å². The molecule has 144 valence electrons. The number of carboxylic acid groups (broad SMARTS) is 1. The Morgan fingerprint density at radius 2 is 1.76 bits per heavy atom. The van der Waals surface area contributed by atoms with Crippen LogP contribution in [-0.2, 0) is 16.8 Å². The Bertz CT molecular complexity index is 1190. The number of nitrogens with zero attached hydrogens (tertiary/aromatic N) is 2. The van der Waals surface area contributed by atoms with Crippen LogP contribution in [0.4, 0.5) is 5.69 Å². The number of benzene rings is 3. The fourth-order valence-corrected chi connectivity index (χ4v) is 4.93. The summed E-state index contributed by atoms with van der Waals surface area (Å²) in [4.78, 5) is 14.9. The number of anilines is 1. The van der Waals surface area contributed by atoms with Crippen molar-refractivity contribution >= 4 is 22.6 Å². The molecule has 0 amide bonds. The van der Waals surface area contributed by atoms with Crippen molar-refractivity contribution < 1.29 is 9.90 Å². The van der Waals surface area contributed by atoms with Gasteiger partial charge in [0.25, 0.3) is 0 Å². The molecule has 0 bridgehead atoms. The summed E-state index contributed by atoms with van der Waals surface area (Å²) in [6.45, 7) is 0. The van der Waals surface area contributed by atoms with E-state index in [4.69, 9.17) is 0 Å². The van der Waals surface area contributed by atoms with Crippen LogP contribution in [0, 0.1) is 0 Å². The lowest BCUT2D eigenvalue weighted by Gasteiger charge is -2.41. The second-order valence-electron chi connectivity index (χ2n) is 7.62. The molecule has 0 saturated carbocycles. The molecule has 1 aliphatic rings. The highest BCUT2D eigenvalue weighted by atomic mass is 16.4. The van der Waals surface area contributed by atoms with Crippen LogP contribution in [0.3, 0.4) is 0 Å². The summed E-state index contributed by atoms with van der Waals surface area (Å²) in [5.74, 6) is -1.53. The number of hydrogen-bond donors (Lipinski definition) is 2. The Hall–Kier alpha value is -3.60. The zero-order valence-electron chi connectivity index (χ0n) is 16.0. The number of aromatic amines is 1. The number of fused-ring (bicyclic) bond motifs is 3. The van der Waals surface area contributed by atoms with Gasteiger partial charge in [0.05, 0.1) is 22.9 Å². The maximum Gasteiger partial charge on any atom is 0.313 e. The molecule has 4 aromatic rings. The fraction of sp³-hybridized carbons (Fsp3) is 0.167. The lowest BCUT2D eigenvalue weighted by atomic mass is 9.73. The normalized spacial score (nSPS) is 20.7. The Morgan fingerprint density at radius 1 is 1.07 bits per heavy atom. The summed E-state index contributed by atoms with van der Waals surface area (Å²) < 4.78 is 0. The van der Waals surface area contributed by atoms with Crippen molar-refractivity contribution in [3.8, 4) is 0 Å². The Balaban J connectivity index is 1.82. The molecule has 2 unspecified atom stereocenters. The number of likely N-dealkylation sites (N-methyl/N-ethyl adjacent to an activating group) is 1. The molecular weight excluding hydrogens is 362 g/mol. The van der Waals surface area contributed by atoms with E-state index in [0.29, 0.717) is 6.42 Å². The standard InChI is InChI=1S/C24H21N3O2/c1-27-22-18(12-13-20-19(22)15-25-26-20)21(23(28)29)24(27,17-10-6-3-7-11-17)14-16-8-4-2-5-9-16/h2-13,15,21H,14H2,1H3,(H,25,26)(H,28,29). The predicted molar refractivity (Wildman–Crippen MR) is 113 cm³/mol. The first-order valence-corrected chi connectivity index (χ1v) is 9.65. The van der Waals surface area contributed by atoms with Gasteiger partial charge in [0.1, 0.15) is 5.92 Å². The van der Waals surface area contributed by atoms with E-state index in [-0.39, 0.29) is 0 Å². The first-order chi connectivity index (χ1) is 14.1. The van der Waals surface area contributed by atoms with Crippen molar-refractivity contribution in [2.75, 3.05) is 11.9 Å². The minimum atomic E-state index is -0.821. The summed E-state index contributed by atoms with van der Waals surface area (Å²) in [7, 11) is 2.00. The van der Waals surface area contributed by atoms with Gasteiger partial charge in [-0.3, -0.25) is 9.89 Å². The van der Waals surface area contributed by atoms with Crippen LogP contribution >= 0.6 is 0 Å². The molecule has 0 fully saturated rings. The van der Waals surface area contributed by atoms with E-state index in [0.717, 1.165) is 33.3 Å². The number of nitrogens with one attached hydrogen (secondary N) is 1. The molecule has 2 N–H and O–H groups in total. The highest BCUT2D eigenvalue weighted by Gasteiger charge is 2.55. The van der Waals surface area contributed by atoms with Crippen LogP contribution in [0.2, 0.25) is 0 Å². The second-order valence-corrected chi connectivity index (χ2v) is 7.62. The van der Waals surface area contributed by atoms with Gasteiger partial charge < -0.3 is 10.0 Å². The third kappa shape index (κ3) is 2.47. The molecule has 29 heavy (non-hydrogen) atoms. The molecule has 0 aliphatic carbocycles. The predicted octanol–water partition coefficient (Wildman–Crippen LogP) is 4.32. The maximum absolute atomic E-state index is 12.7. The zero-order chi connectivity index (χ0) is 20.0. The number of H-pyrrole nitrogens is 1. The number of carboxylic acids is 1. The maximum atomic E-state index is 12.7. The third-order valence-corrected chi connectivity index (χ3v) is 6.19. The van der Waals surface area contributed by atoms with Crippen LogP contribution in [0.1, 0.15) is 22.6 Å². The van der Waals surface area contributed by atoms with Crippen LogP contribution in [-0.4, -0.2) is 28.3 Å². The highest BCUT2D eigenvalue weighted by molar-refractivity contribution is 5.99.